The summed E-state index contributed by atoms with van der Waals surface area (Å²) in [5, 5.41) is 9.41. The molecular weight excluding hydrogens is 274 g/mol. The summed E-state index contributed by atoms with van der Waals surface area (Å²) in [5.41, 5.74) is -0.594. The molecule has 2 aliphatic heterocycles. The van der Waals surface area contributed by atoms with Crippen molar-refractivity contribution in [1.82, 2.24) is 4.90 Å². The van der Waals surface area contributed by atoms with Crippen LogP contribution < -0.4 is 0 Å². The topological polar surface area (TPSA) is 83.9 Å². The van der Waals surface area contributed by atoms with Crippen LogP contribution in [0.15, 0.2) is 30.3 Å². The SMILES string of the molecule is O=C1C[C@]2(C(=O)O)CC[C@H]1N2C(=O)OCc1ccccc1. The van der Waals surface area contributed by atoms with Gasteiger partial charge in [-0.2, -0.15) is 0 Å². The number of fused-ring (bicyclic) bond motifs is 2. The first-order valence-corrected chi connectivity index (χ1v) is 6.81. The highest BCUT2D eigenvalue weighted by Crippen LogP contribution is 2.45. The molecule has 2 bridgehead atoms. The lowest BCUT2D eigenvalue weighted by molar-refractivity contribution is -0.148. The highest BCUT2D eigenvalue weighted by molar-refractivity contribution is 6.01. The number of aliphatic carboxylic acids is 1. The van der Waals surface area contributed by atoms with Crippen LogP contribution in [0.5, 0.6) is 0 Å². The molecule has 3 rings (SSSR count). The van der Waals surface area contributed by atoms with Crippen LogP contribution in [0.2, 0.25) is 0 Å². The zero-order chi connectivity index (χ0) is 15.0. The Morgan fingerprint density at radius 1 is 1.33 bits per heavy atom. The molecule has 2 heterocycles. The number of ether oxygens (including phenoxy) is 1. The summed E-state index contributed by atoms with van der Waals surface area (Å²) in [4.78, 5) is 36.7. The standard InChI is InChI=1S/C15H15NO5/c17-12-8-15(13(18)19)7-6-11(12)16(15)14(20)21-9-10-4-2-1-3-5-10/h1-5,11H,6-9H2,(H,18,19)/t11-,15+/m1/s1. The maximum absolute atomic E-state index is 12.2. The molecule has 0 spiro atoms. The largest absolute Gasteiger partial charge is 0.479 e. The minimum Gasteiger partial charge on any atom is -0.479 e. The quantitative estimate of drug-likeness (QED) is 0.913. The maximum atomic E-state index is 12.2. The Labute approximate surface area is 121 Å². The van der Waals surface area contributed by atoms with Gasteiger partial charge in [0, 0.05) is 6.42 Å². The van der Waals surface area contributed by atoms with Crippen molar-refractivity contribution in [2.75, 3.05) is 0 Å². The molecule has 1 aromatic rings. The average Bonchev–Trinajstić information content (AvgIpc) is 2.99. The van der Waals surface area contributed by atoms with Gasteiger partial charge in [-0.25, -0.2) is 9.59 Å². The van der Waals surface area contributed by atoms with Crippen molar-refractivity contribution in [3.63, 3.8) is 0 Å². The van der Waals surface area contributed by atoms with Crippen LogP contribution in [0.3, 0.4) is 0 Å². The van der Waals surface area contributed by atoms with Crippen molar-refractivity contribution in [3.8, 4) is 0 Å². The first-order chi connectivity index (χ1) is 10.0. The van der Waals surface area contributed by atoms with Gasteiger partial charge in [0.1, 0.15) is 6.61 Å². The summed E-state index contributed by atoms with van der Waals surface area (Å²) in [5.74, 6) is -1.33. The number of hydrogen-bond donors (Lipinski definition) is 1. The Kier molecular flexibility index (Phi) is 3.16. The number of carboxylic acids is 1. The van der Waals surface area contributed by atoms with Gasteiger partial charge < -0.3 is 9.84 Å². The van der Waals surface area contributed by atoms with Crippen molar-refractivity contribution in [2.24, 2.45) is 0 Å². The second kappa shape index (κ2) is 4.87. The highest BCUT2D eigenvalue weighted by atomic mass is 16.6. The summed E-state index contributed by atoms with van der Waals surface area (Å²) in [7, 11) is 0. The van der Waals surface area contributed by atoms with Crippen LogP contribution in [0.1, 0.15) is 24.8 Å². The molecule has 0 aliphatic carbocycles. The van der Waals surface area contributed by atoms with Crippen molar-refractivity contribution < 1.29 is 24.2 Å². The van der Waals surface area contributed by atoms with Crippen LogP contribution in [0, 0.1) is 0 Å². The lowest BCUT2D eigenvalue weighted by Gasteiger charge is -2.28. The third kappa shape index (κ3) is 2.07. The minimum atomic E-state index is -1.41. The molecule has 0 unspecified atom stereocenters. The van der Waals surface area contributed by atoms with Gasteiger partial charge in [-0.1, -0.05) is 30.3 Å². The number of carbonyl (C=O) groups excluding carboxylic acids is 2. The summed E-state index contributed by atoms with van der Waals surface area (Å²) in [6.07, 6.45) is -0.146. The molecule has 1 N–H and O–H groups in total. The van der Waals surface area contributed by atoms with E-state index in [1.54, 1.807) is 0 Å². The van der Waals surface area contributed by atoms with E-state index in [0.717, 1.165) is 10.5 Å². The lowest BCUT2D eigenvalue weighted by atomic mass is 9.87. The Balaban J connectivity index is 1.75. The van der Waals surface area contributed by atoms with Gasteiger partial charge in [0.25, 0.3) is 0 Å². The Morgan fingerprint density at radius 2 is 2.05 bits per heavy atom. The number of rotatable bonds is 3. The fraction of sp³-hybridized carbons (Fsp3) is 0.400. The van der Waals surface area contributed by atoms with Gasteiger partial charge in [0.2, 0.25) is 0 Å². The summed E-state index contributed by atoms with van der Waals surface area (Å²) in [6.45, 7) is 0.0623. The van der Waals surface area contributed by atoms with Gasteiger partial charge >= 0.3 is 12.1 Å². The van der Waals surface area contributed by atoms with E-state index in [9.17, 15) is 19.5 Å². The van der Waals surface area contributed by atoms with E-state index in [4.69, 9.17) is 4.74 Å². The smallest absolute Gasteiger partial charge is 0.411 e. The van der Waals surface area contributed by atoms with Gasteiger partial charge in [0.15, 0.2) is 11.3 Å². The summed E-state index contributed by atoms with van der Waals surface area (Å²) < 4.78 is 5.19. The van der Waals surface area contributed by atoms with Gasteiger partial charge in [-0.15, -0.1) is 0 Å². The van der Waals surface area contributed by atoms with Crippen LogP contribution >= 0.6 is 0 Å². The number of benzene rings is 1. The molecule has 0 radical (unpaired) electrons. The third-order valence-electron chi connectivity index (χ3n) is 4.24. The normalized spacial score (nSPS) is 27.0. The number of hydrogen-bond acceptors (Lipinski definition) is 4. The molecule has 0 saturated carbocycles. The van der Waals surface area contributed by atoms with Crippen molar-refractivity contribution in [1.29, 1.82) is 0 Å². The van der Waals surface area contributed by atoms with E-state index in [2.05, 4.69) is 0 Å². The molecule has 2 fully saturated rings. The lowest BCUT2D eigenvalue weighted by Crippen LogP contribution is -2.50. The fourth-order valence-electron chi connectivity index (χ4n) is 3.18. The molecule has 110 valence electrons. The van der Waals surface area contributed by atoms with Crippen LogP contribution in [-0.2, 0) is 20.9 Å². The number of Topliss-reactive ketones (excluding diaryl/α,β-unsaturated/α-hetero) is 1. The molecule has 0 aromatic heterocycles. The zero-order valence-corrected chi connectivity index (χ0v) is 11.3. The Hall–Kier alpha value is -2.37. The number of nitrogens with zero attached hydrogens (tertiary/aromatic N) is 1. The average molecular weight is 289 g/mol. The first-order valence-electron chi connectivity index (χ1n) is 6.81. The maximum Gasteiger partial charge on any atom is 0.411 e. The van der Waals surface area contributed by atoms with E-state index in [1.807, 2.05) is 30.3 Å². The van der Waals surface area contributed by atoms with Crippen LogP contribution in [-0.4, -0.2) is 39.4 Å². The van der Waals surface area contributed by atoms with Crippen LogP contribution in [0.4, 0.5) is 4.79 Å². The molecule has 6 nitrogen and oxygen atoms in total. The number of carbonyl (C=O) groups is 3. The molecule has 1 aromatic carbocycles. The summed E-state index contributed by atoms with van der Waals surface area (Å²) in [6, 6.07) is 8.47. The van der Waals surface area contributed by atoms with Gasteiger partial charge in [0.05, 0.1) is 6.04 Å². The Morgan fingerprint density at radius 3 is 2.67 bits per heavy atom. The molecule has 21 heavy (non-hydrogen) atoms. The first kappa shape index (κ1) is 13.6. The van der Waals surface area contributed by atoms with Crippen molar-refractivity contribution in [2.45, 2.75) is 37.5 Å². The van der Waals surface area contributed by atoms with Gasteiger partial charge in [-0.05, 0) is 18.4 Å². The molecule has 2 saturated heterocycles. The van der Waals surface area contributed by atoms with E-state index in [-0.39, 0.29) is 18.8 Å². The van der Waals surface area contributed by atoms with E-state index < -0.39 is 23.6 Å². The molecule has 1 amide bonds. The monoisotopic (exact) mass is 289 g/mol. The fourth-order valence-corrected chi connectivity index (χ4v) is 3.18. The summed E-state index contributed by atoms with van der Waals surface area (Å²) >= 11 is 0. The zero-order valence-electron chi connectivity index (χ0n) is 11.3. The number of amides is 1. The van der Waals surface area contributed by atoms with E-state index >= 15 is 0 Å². The molecule has 6 heteroatoms. The minimum absolute atomic E-state index is 0.0623. The van der Waals surface area contributed by atoms with Crippen LogP contribution in [0.25, 0.3) is 0 Å². The Bertz CT molecular complexity index is 599. The predicted molar refractivity (Wildman–Crippen MR) is 71.5 cm³/mol. The number of carboxylic acid groups (broad SMARTS) is 1. The third-order valence-corrected chi connectivity index (χ3v) is 4.24. The molecule has 2 aliphatic rings. The highest BCUT2D eigenvalue weighted by Gasteiger charge is 2.63. The predicted octanol–water partition coefficient (Wildman–Crippen LogP) is 1.58. The van der Waals surface area contributed by atoms with Crippen molar-refractivity contribution >= 4 is 17.8 Å². The van der Waals surface area contributed by atoms with Gasteiger partial charge in [-0.3, -0.25) is 9.69 Å². The molecular formula is C15H15NO5. The second-order valence-electron chi connectivity index (χ2n) is 5.44. The second-order valence-corrected chi connectivity index (χ2v) is 5.44. The van der Waals surface area contributed by atoms with E-state index in [0.29, 0.717) is 12.8 Å². The molecule has 2 atom stereocenters. The number of ketones is 1. The van der Waals surface area contributed by atoms with Crippen molar-refractivity contribution in [3.05, 3.63) is 35.9 Å². The van der Waals surface area contributed by atoms with E-state index in [1.165, 1.54) is 0 Å².